The Bertz CT molecular complexity index is 1660. The van der Waals surface area contributed by atoms with E-state index in [4.69, 9.17) is 15.2 Å². The molecule has 8 nitrogen and oxygen atoms in total. The second kappa shape index (κ2) is 13.2. The van der Waals surface area contributed by atoms with Gasteiger partial charge in [-0.1, -0.05) is 55.8 Å². The number of anilines is 2. The molecule has 0 saturated carbocycles. The van der Waals surface area contributed by atoms with E-state index in [1.807, 2.05) is 32.9 Å². The number of nitrogens with zero attached hydrogens (tertiary/aromatic N) is 1. The van der Waals surface area contributed by atoms with Gasteiger partial charge in [0.1, 0.15) is 11.6 Å². The van der Waals surface area contributed by atoms with Crippen LogP contribution in [0.5, 0.6) is 5.75 Å². The minimum atomic E-state index is -5.40. The highest BCUT2D eigenvalue weighted by Gasteiger charge is 2.52. The number of pyridine rings is 1. The van der Waals surface area contributed by atoms with Gasteiger partial charge in [-0.25, -0.2) is 9.78 Å². The number of alkyl halides is 3. The number of aromatic nitrogens is 1. The summed E-state index contributed by atoms with van der Waals surface area (Å²) < 4.78 is 52.3. The molecule has 1 aromatic heterocycles. The van der Waals surface area contributed by atoms with Crippen molar-refractivity contribution in [2.75, 3.05) is 17.7 Å². The van der Waals surface area contributed by atoms with Crippen molar-refractivity contribution in [2.45, 2.75) is 52.6 Å². The standard InChI is InChI=1S/C33H35F3N4O4/c1-5-43-28-18-25(10-9-24(28)15-20(2)3)32(44-31(42)33(34,35)36,30(41)39-19-22-8-6-7-21(4)16-22)40-26-11-12-27-23(17-26)13-14-38-29(27)37/h6-14,16-18,20,40H,5,15,19H2,1-4H3,(H2,37,38)(H,39,41). The van der Waals surface area contributed by atoms with Gasteiger partial charge in [-0.3, -0.25) is 4.79 Å². The number of aryl methyl sites for hydroxylation is 1. The number of halogens is 3. The van der Waals surface area contributed by atoms with Crippen molar-refractivity contribution < 1.29 is 32.2 Å². The lowest BCUT2D eigenvalue weighted by Gasteiger charge is -2.35. The number of hydrogen-bond acceptors (Lipinski definition) is 7. The van der Waals surface area contributed by atoms with Crippen LogP contribution in [0.4, 0.5) is 24.7 Å². The molecular formula is C33H35F3N4O4. The molecule has 0 radical (unpaired) electrons. The van der Waals surface area contributed by atoms with E-state index in [2.05, 4.69) is 15.6 Å². The number of amides is 1. The highest BCUT2D eigenvalue weighted by atomic mass is 19.4. The van der Waals surface area contributed by atoms with Gasteiger partial charge in [-0.2, -0.15) is 13.2 Å². The molecule has 4 aromatic rings. The van der Waals surface area contributed by atoms with Gasteiger partial charge in [-0.15, -0.1) is 0 Å². The van der Waals surface area contributed by atoms with Crippen LogP contribution in [0.3, 0.4) is 0 Å². The molecule has 44 heavy (non-hydrogen) atoms. The fraction of sp³-hybridized carbons (Fsp3) is 0.303. The van der Waals surface area contributed by atoms with Crippen molar-refractivity contribution in [1.82, 2.24) is 10.3 Å². The molecule has 1 atom stereocenters. The molecule has 0 saturated heterocycles. The van der Waals surface area contributed by atoms with Gasteiger partial charge in [-0.05, 0) is 73.0 Å². The van der Waals surface area contributed by atoms with E-state index >= 15 is 0 Å². The number of nitrogen functional groups attached to an aromatic ring is 1. The molecular weight excluding hydrogens is 573 g/mol. The summed E-state index contributed by atoms with van der Waals surface area (Å²) in [5.74, 6) is -2.72. The fourth-order valence-corrected chi connectivity index (χ4v) is 4.87. The Labute approximate surface area is 253 Å². The van der Waals surface area contributed by atoms with Crippen LogP contribution in [0.1, 0.15) is 43.0 Å². The van der Waals surface area contributed by atoms with Crippen LogP contribution in [0, 0.1) is 12.8 Å². The van der Waals surface area contributed by atoms with Gasteiger partial charge >= 0.3 is 12.1 Å². The smallest absolute Gasteiger partial charge is 0.491 e. The van der Waals surface area contributed by atoms with E-state index in [1.54, 1.807) is 43.3 Å². The van der Waals surface area contributed by atoms with E-state index in [0.29, 0.717) is 28.5 Å². The Morgan fingerprint density at radius 3 is 2.48 bits per heavy atom. The largest absolute Gasteiger partial charge is 0.494 e. The minimum Gasteiger partial charge on any atom is -0.494 e. The van der Waals surface area contributed by atoms with Gasteiger partial charge in [0.25, 0.3) is 11.6 Å². The van der Waals surface area contributed by atoms with Crippen molar-refractivity contribution in [3.63, 3.8) is 0 Å². The van der Waals surface area contributed by atoms with E-state index in [0.717, 1.165) is 11.1 Å². The zero-order valence-electron chi connectivity index (χ0n) is 24.9. The second-order valence-corrected chi connectivity index (χ2v) is 10.9. The first-order valence-electron chi connectivity index (χ1n) is 14.1. The van der Waals surface area contributed by atoms with E-state index in [9.17, 15) is 22.8 Å². The topological polar surface area (TPSA) is 116 Å². The monoisotopic (exact) mass is 608 g/mol. The number of ether oxygens (including phenoxy) is 2. The Balaban J connectivity index is 1.90. The summed E-state index contributed by atoms with van der Waals surface area (Å²) in [5.41, 5.74) is 5.85. The SMILES string of the molecule is CCOc1cc(C(Nc2ccc3c(N)nccc3c2)(OC(=O)C(F)(F)F)C(=O)NCc2cccc(C)c2)ccc1CC(C)C. The summed E-state index contributed by atoms with van der Waals surface area (Å²) in [5, 5.41) is 6.69. The number of esters is 1. The quantitative estimate of drug-likeness (QED) is 0.133. The van der Waals surface area contributed by atoms with Crippen molar-refractivity contribution in [1.29, 1.82) is 0 Å². The van der Waals surface area contributed by atoms with Gasteiger partial charge in [0.05, 0.1) is 6.61 Å². The maximum absolute atomic E-state index is 14.2. The molecule has 0 fully saturated rings. The second-order valence-electron chi connectivity index (χ2n) is 10.9. The van der Waals surface area contributed by atoms with Gasteiger partial charge in [0.2, 0.25) is 0 Å². The molecule has 4 N–H and O–H groups in total. The minimum absolute atomic E-state index is 0.0445. The number of carbonyl (C=O) groups excluding carboxylic acids is 2. The van der Waals surface area contributed by atoms with Crippen molar-refractivity contribution in [2.24, 2.45) is 5.92 Å². The van der Waals surface area contributed by atoms with E-state index < -0.39 is 23.8 Å². The molecule has 11 heteroatoms. The Hall–Kier alpha value is -4.80. The van der Waals surface area contributed by atoms with Crippen molar-refractivity contribution in [3.05, 3.63) is 95.2 Å². The molecule has 232 valence electrons. The van der Waals surface area contributed by atoms with Crippen LogP contribution in [0.15, 0.2) is 72.9 Å². The average Bonchev–Trinajstić information content (AvgIpc) is 2.96. The number of benzene rings is 3. The number of rotatable bonds is 11. The number of nitrogens with one attached hydrogen (secondary N) is 2. The fourth-order valence-electron chi connectivity index (χ4n) is 4.87. The Morgan fingerprint density at radius 1 is 1.02 bits per heavy atom. The summed E-state index contributed by atoms with van der Waals surface area (Å²) in [6.45, 7) is 7.89. The molecule has 0 spiro atoms. The lowest BCUT2D eigenvalue weighted by Crippen LogP contribution is -2.54. The van der Waals surface area contributed by atoms with Crippen molar-refractivity contribution >= 4 is 34.2 Å². The predicted molar refractivity (Wildman–Crippen MR) is 163 cm³/mol. The highest BCUT2D eigenvalue weighted by Crippen LogP contribution is 2.36. The number of carbonyl (C=O) groups is 2. The maximum atomic E-state index is 14.2. The summed E-state index contributed by atoms with van der Waals surface area (Å²) in [6, 6.07) is 18.2. The molecule has 1 heterocycles. The summed E-state index contributed by atoms with van der Waals surface area (Å²) in [7, 11) is 0. The van der Waals surface area contributed by atoms with Crippen LogP contribution in [0.25, 0.3) is 10.8 Å². The van der Waals surface area contributed by atoms with Gasteiger partial charge < -0.3 is 25.8 Å². The first-order valence-corrected chi connectivity index (χ1v) is 14.1. The first kappa shape index (κ1) is 32.1. The molecule has 0 aliphatic carbocycles. The van der Waals surface area contributed by atoms with Crippen LogP contribution in [0.2, 0.25) is 0 Å². The van der Waals surface area contributed by atoms with Gasteiger partial charge in [0.15, 0.2) is 0 Å². The normalized spacial score (nSPS) is 12.9. The summed E-state index contributed by atoms with van der Waals surface area (Å²) >= 11 is 0. The van der Waals surface area contributed by atoms with Crippen LogP contribution >= 0.6 is 0 Å². The average molecular weight is 609 g/mol. The third-order valence-corrected chi connectivity index (χ3v) is 6.85. The molecule has 4 rings (SSSR count). The Kier molecular flexibility index (Phi) is 9.66. The Morgan fingerprint density at radius 2 is 1.80 bits per heavy atom. The number of hydrogen-bond donors (Lipinski definition) is 3. The molecule has 3 aromatic carbocycles. The number of nitrogens with two attached hydrogens (primary N) is 1. The molecule has 1 amide bonds. The third kappa shape index (κ3) is 7.39. The lowest BCUT2D eigenvalue weighted by atomic mass is 9.95. The molecule has 1 unspecified atom stereocenters. The third-order valence-electron chi connectivity index (χ3n) is 6.85. The highest BCUT2D eigenvalue weighted by molar-refractivity contribution is 5.95. The van der Waals surface area contributed by atoms with Crippen LogP contribution in [-0.4, -0.2) is 29.6 Å². The molecule has 0 aliphatic heterocycles. The first-order chi connectivity index (χ1) is 20.8. The summed E-state index contributed by atoms with van der Waals surface area (Å²) in [6.07, 6.45) is -3.31. The van der Waals surface area contributed by atoms with E-state index in [1.165, 1.54) is 24.4 Å². The number of fused-ring (bicyclic) bond motifs is 1. The van der Waals surface area contributed by atoms with Crippen LogP contribution < -0.4 is 21.1 Å². The van der Waals surface area contributed by atoms with Gasteiger partial charge in [0, 0.05) is 29.4 Å². The van der Waals surface area contributed by atoms with Crippen molar-refractivity contribution in [3.8, 4) is 5.75 Å². The van der Waals surface area contributed by atoms with E-state index in [-0.39, 0.29) is 36.1 Å². The zero-order valence-corrected chi connectivity index (χ0v) is 24.9. The lowest BCUT2D eigenvalue weighted by molar-refractivity contribution is -0.213. The molecule has 0 aliphatic rings. The summed E-state index contributed by atoms with van der Waals surface area (Å²) in [4.78, 5) is 30.7. The molecule has 0 bridgehead atoms. The predicted octanol–water partition coefficient (Wildman–Crippen LogP) is 6.41. The maximum Gasteiger partial charge on any atom is 0.491 e. The zero-order chi connectivity index (χ0) is 32.1. The van der Waals surface area contributed by atoms with Crippen LogP contribution in [-0.2, 0) is 33.0 Å².